The average Bonchev–Trinajstić information content (AvgIpc) is 2.80. The highest BCUT2D eigenvalue weighted by Gasteiger charge is 2.27. The Morgan fingerprint density at radius 2 is 1.55 bits per heavy atom. The quantitative estimate of drug-likeness (QED) is 0.182. The van der Waals surface area contributed by atoms with Crippen LogP contribution in [0.3, 0.4) is 0 Å². The van der Waals surface area contributed by atoms with E-state index in [0.717, 1.165) is 48.3 Å². The van der Waals surface area contributed by atoms with Crippen molar-refractivity contribution in [1.82, 2.24) is 0 Å². The van der Waals surface area contributed by atoms with Crippen LogP contribution < -0.4 is 4.74 Å². The summed E-state index contributed by atoms with van der Waals surface area (Å²) in [5.41, 5.74) is 3.09. The summed E-state index contributed by atoms with van der Waals surface area (Å²) in [7, 11) is 0. The third-order valence-corrected chi connectivity index (χ3v) is 6.36. The van der Waals surface area contributed by atoms with E-state index in [2.05, 4.69) is 13.5 Å². The van der Waals surface area contributed by atoms with Gasteiger partial charge in [0, 0.05) is 6.42 Å². The van der Waals surface area contributed by atoms with Gasteiger partial charge in [0.25, 0.3) is 0 Å². The second-order valence-electron chi connectivity index (χ2n) is 8.70. The minimum Gasteiger partial charge on any atom is -0.426 e. The summed E-state index contributed by atoms with van der Waals surface area (Å²) in [4.78, 5) is 24.1. The molecular formula is C28H34O3. The summed E-state index contributed by atoms with van der Waals surface area (Å²) >= 11 is 0. The first-order chi connectivity index (χ1) is 15.1. The van der Waals surface area contributed by atoms with Gasteiger partial charge < -0.3 is 4.74 Å². The minimum absolute atomic E-state index is 0.0175. The zero-order chi connectivity index (χ0) is 22.1. The molecule has 2 aromatic carbocycles. The summed E-state index contributed by atoms with van der Waals surface area (Å²) in [6.45, 7) is 5.75. The number of carbonyl (C=O) groups excluding carboxylic acids is 2. The van der Waals surface area contributed by atoms with Gasteiger partial charge in [-0.25, -0.2) is 0 Å². The van der Waals surface area contributed by atoms with Gasteiger partial charge in [-0.2, -0.15) is 0 Å². The van der Waals surface area contributed by atoms with Crippen molar-refractivity contribution >= 4 is 11.8 Å². The van der Waals surface area contributed by atoms with Crippen LogP contribution in [0.5, 0.6) is 5.75 Å². The molecule has 0 saturated heterocycles. The molecule has 0 bridgehead atoms. The molecule has 3 heteroatoms. The number of hydrogen-bond donors (Lipinski definition) is 0. The molecular weight excluding hydrogens is 384 g/mol. The van der Waals surface area contributed by atoms with E-state index >= 15 is 0 Å². The zero-order valence-corrected chi connectivity index (χ0v) is 18.6. The second-order valence-corrected chi connectivity index (χ2v) is 8.70. The number of ether oxygens (including phenoxy) is 1. The number of esters is 1. The van der Waals surface area contributed by atoms with Gasteiger partial charge in [0.15, 0.2) is 5.78 Å². The molecule has 1 saturated carbocycles. The predicted molar refractivity (Wildman–Crippen MR) is 126 cm³/mol. The van der Waals surface area contributed by atoms with Gasteiger partial charge in [-0.15, -0.1) is 0 Å². The van der Waals surface area contributed by atoms with E-state index < -0.39 is 0 Å². The van der Waals surface area contributed by atoms with E-state index in [1.165, 1.54) is 31.8 Å². The van der Waals surface area contributed by atoms with Crippen molar-refractivity contribution in [2.24, 2.45) is 11.8 Å². The Labute approximate surface area is 186 Å². The third kappa shape index (κ3) is 6.92. The van der Waals surface area contributed by atoms with Crippen LogP contribution in [0.15, 0.2) is 61.2 Å². The molecule has 0 N–H and O–H groups in total. The lowest BCUT2D eigenvalue weighted by Gasteiger charge is -2.27. The number of benzene rings is 2. The number of hydrogen-bond acceptors (Lipinski definition) is 3. The van der Waals surface area contributed by atoms with Gasteiger partial charge >= 0.3 is 5.97 Å². The van der Waals surface area contributed by atoms with Gasteiger partial charge in [0.05, 0.1) is 5.92 Å². The number of unbranched alkanes of at least 4 members (excludes halogenated alkanes) is 2. The lowest BCUT2D eigenvalue weighted by Crippen LogP contribution is -2.25. The zero-order valence-electron chi connectivity index (χ0n) is 18.6. The first-order valence-corrected chi connectivity index (χ1v) is 11.7. The van der Waals surface area contributed by atoms with Gasteiger partial charge in [0.1, 0.15) is 5.75 Å². The molecule has 0 heterocycles. The molecule has 1 aliphatic rings. The molecule has 2 aromatic rings. The molecule has 3 nitrogen and oxygen atoms in total. The van der Waals surface area contributed by atoms with Crippen LogP contribution in [-0.4, -0.2) is 11.8 Å². The minimum atomic E-state index is -0.0870. The van der Waals surface area contributed by atoms with Gasteiger partial charge in [-0.3, -0.25) is 9.59 Å². The van der Waals surface area contributed by atoms with E-state index in [9.17, 15) is 9.59 Å². The topological polar surface area (TPSA) is 43.4 Å². The fourth-order valence-corrected chi connectivity index (χ4v) is 4.37. The smallest absolute Gasteiger partial charge is 0.314 e. The van der Waals surface area contributed by atoms with Crippen LogP contribution in [0.4, 0.5) is 0 Å². The molecule has 3 rings (SSSR count). The molecule has 0 radical (unpaired) electrons. The van der Waals surface area contributed by atoms with Gasteiger partial charge in [-0.1, -0.05) is 75.6 Å². The molecule has 31 heavy (non-hydrogen) atoms. The SMILES string of the molecule is C=CC(=O)Cc1ccc(-c2ccc(OC(=O)C3CCC(CCCCC)CC3)cc2)cc1. The Balaban J connectivity index is 1.50. The fraction of sp³-hybridized carbons (Fsp3) is 0.429. The molecule has 1 aliphatic carbocycles. The number of rotatable bonds is 10. The summed E-state index contributed by atoms with van der Waals surface area (Å²) in [5, 5.41) is 0. The predicted octanol–water partition coefficient (Wildman–Crippen LogP) is 6.94. The summed E-state index contributed by atoms with van der Waals surface area (Å²) < 4.78 is 5.67. The number of allylic oxidation sites excluding steroid dienone is 1. The highest BCUT2D eigenvalue weighted by molar-refractivity contribution is 5.90. The Bertz CT molecular complexity index is 856. The Kier molecular flexibility index (Phi) is 8.63. The lowest BCUT2D eigenvalue weighted by molar-refractivity contribution is -0.140. The molecule has 0 atom stereocenters. The maximum absolute atomic E-state index is 12.6. The molecule has 0 aromatic heterocycles. The van der Waals surface area contributed by atoms with Crippen molar-refractivity contribution in [1.29, 1.82) is 0 Å². The van der Waals surface area contributed by atoms with Crippen molar-refractivity contribution in [3.8, 4) is 16.9 Å². The first-order valence-electron chi connectivity index (χ1n) is 11.7. The van der Waals surface area contributed by atoms with E-state index in [-0.39, 0.29) is 17.7 Å². The lowest BCUT2D eigenvalue weighted by atomic mass is 9.80. The standard InChI is InChI=1S/C28H34O3/c1-3-5-6-7-21-8-14-25(15-9-21)28(30)31-27-18-16-24(17-19-27)23-12-10-22(11-13-23)20-26(29)4-2/h4,10-13,16-19,21,25H,2-3,5-9,14-15,20H2,1H3. The Morgan fingerprint density at radius 1 is 0.935 bits per heavy atom. The summed E-state index contributed by atoms with van der Waals surface area (Å²) in [5.74, 6) is 1.36. The molecule has 0 unspecified atom stereocenters. The van der Waals surface area contributed by atoms with E-state index in [1.807, 2.05) is 48.5 Å². The van der Waals surface area contributed by atoms with Gasteiger partial charge in [0.2, 0.25) is 0 Å². The molecule has 0 amide bonds. The van der Waals surface area contributed by atoms with Crippen molar-refractivity contribution in [3.05, 3.63) is 66.7 Å². The molecule has 164 valence electrons. The van der Waals surface area contributed by atoms with E-state index in [0.29, 0.717) is 12.2 Å². The molecule has 0 spiro atoms. The molecule has 0 aliphatic heterocycles. The van der Waals surface area contributed by atoms with Crippen LogP contribution in [0.25, 0.3) is 11.1 Å². The van der Waals surface area contributed by atoms with Crippen molar-refractivity contribution < 1.29 is 14.3 Å². The largest absolute Gasteiger partial charge is 0.426 e. The Morgan fingerprint density at radius 3 is 2.13 bits per heavy atom. The Hall–Kier alpha value is -2.68. The summed E-state index contributed by atoms with van der Waals surface area (Å²) in [6.07, 6.45) is 11.1. The van der Waals surface area contributed by atoms with Crippen LogP contribution in [0.2, 0.25) is 0 Å². The van der Waals surface area contributed by atoms with Crippen molar-refractivity contribution in [3.63, 3.8) is 0 Å². The molecule has 1 fully saturated rings. The fourth-order valence-electron chi connectivity index (χ4n) is 4.37. The van der Waals surface area contributed by atoms with Gasteiger partial charge in [-0.05, 0) is 66.5 Å². The third-order valence-electron chi connectivity index (χ3n) is 6.36. The van der Waals surface area contributed by atoms with E-state index in [4.69, 9.17) is 4.74 Å². The average molecular weight is 419 g/mol. The highest BCUT2D eigenvalue weighted by Crippen LogP contribution is 2.33. The van der Waals surface area contributed by atoms with Crippen molar-refractivity contribution in [2.75, 3.05) is 0 Å². The maximum atomic E-state index is 12.6. The second kappa shape index (κ2) is 11.6. The van der Waals surface area contributed by atoms with Crippen LogP contribution >= 0.6 is 0 Å². The van der Waals surface area contributed by atoms with Crippen LogP contribution in [0.1, 0.15) is 63.9 Å². The van der Waals surface area contributed by atoms with Crippen LogP contribution in [-0.2, 0) is 16.0 Å². The monoisotopic (exact) mass is 418 g/mol. The van der Waals surface area contributed by atoms with Crippen LogP contribution in [0, 0.1) is 11.8 Å². The van der Waals surface area contributed by atoms with E-state index in [1.54, 1.807) is 0 Å². The number of ketones is 1. The highest BCUT2D eigenvalue weighted by atomic mass is 16.5. The normalized spacial score (nSPS) is 18.4. The first kappa shape index (κ1) is 23.0. The number of carbonyl (C=O) groups is 2. The summed E-state index contributed by atoms with van der Waals surface area (Å²) in [6, 6.07) is 15.6. The maximum Gasteiger partial charge on any atom is 0.314 e. The van der Waals surface area contributed by atoms with Crippen molar-refractivity contribution in [2.45, 2.75) is 64.7 Å².